The number of aryl methyl sites for hydroxylation is 1. The van der Waals surface area contributed by atoms with E-state index in [9.17, 15) is 0 Å². The minimum atomic E-state index is 0.728. The molecule has 1 aliphatic heterocycles. The normalized spacial score (nSPS) is 15.0. The fourth-order valence-electron chi connectivity index (χ4n) is 2.39. The zero-order valence-electron chi connectivity index (χ0n) is 12.4. The van der Waals surface area contributed by atoms with Crippen LogP contribution >= 0.6 is 0 Å². The summed E-state index contributed by atoms with van der Waals surface area (Å²) in [5.41, 5.74) is 2.92. The number of aromatic nitrogens is 2. The molecule has 21 heavy (non-hydrogen) atoms. The molecule has 1 aromatic carbocycles. The van der Waals surface area contributed by atoms with Crippen LogP contribution in [0.15, 0.2) is 30.3 Å². The monoisotopic (exact) mass is 285 g/mol. The third-order valence-corrected chi connectivity index (χ3v) is 3.50. The Labute approximate surface area is 124 Å². The molecule has 0 N–H and O–H groups in total. The number of hydrogen-bond donors (Lipinski definition) is 0. The molecule has 5 heteroatoms. The molecule has 0 amide bonds. The first-order chi connectivity index (χ1) is 10.3. The SMILES string of the molecule is COc1cccc(-c2cc(C)nc(N3CCOCC3)n2)c1. The first-order valence-electron chi connectivity index (χ1n) is 7.09. The van der Waals surface area contributed by atoms with Crippen LogP contribution in [0, 0.1) is 6.92 Å². The third-order valence-electron chi connectivity index (χ3n) is 3.50. The van der Waals surface area contributed by atoms with Gasteiger partial charge in [0.1, 0.15) is 5.75 Å². The van der Waals surface area contributed by atoms with E-state index in [2.05, 4.69) is 9.88 Å². The first-order valence-corrected chi connectivity index (χ1v) is 7.09. The minimum absolute atomic E-state index is 0.728. The second kappa shape index (κ2) is 6.10. The first kappa shape index (κ1) is 13.8. The summed E-state index contributed by atoms with van der Waals surface area (Å²) in [6.45, 7) is 5.12. The van der Waals surface area contributed by atoms with Crippen LogP contribution in [0.5, 0.6) is 5.75 Å². The van der Waals surface area contributed by atoms with Crippen molar-refractivity contribution in [1.82, 2.24) is 9.97 Å². The zero-order chi connectivity index (χ0) is 14.7. The molecular formula is C16H19N3O2. The highest BCUT2D eigenvalue weighted by Crippen LogP contribution is 2.24. The summed E-state index contributed by atoms with van der Waals surface area (Å²) in [6.07, 6.45) is 0. The Morgan fingerprint density at radius 3 is 2.71 bits per heavy atom. The lowest BCUT2D eigenvalue weighted by Crippen LogP contribution is -2.37. The molecule has 0 radical (unpaired) electrons. The van der Waals surface area contributed by atoms with E-state index in [4.69, 9.17) is 14.5 Å². The lowest BCUT2D eigenvalue weighted by molar-refractivity contribution is 0.122. The number of methoxy groups -OCH3 is 1. The highest BCUT2D eigenvalue weighted by molar-refractivity contribution is 5.63. The van der Waals surface area contributed by atoms with Gasteiger partial charge in [-0.05, 0) is 25.1 Å². The number of hydrogen-bond acceptors (Lipinski definition) is 5. The summed E-state index contributed by atoms with van der Waals surface area (Å²) in [7, 11) is 1.67. The van der Waals surface area contributed by atoms with Gasteiger partial charge in [0.2, 0.25) is 5.95 Å². The van der Waals surface area contributed by atoms with Crippen LogP contribution in [0.25, 0.3) is 11.3 Å². The van der Waals surface area contributed by atoms with Gasteiger partial charge in [0.25, 0.3) is 0 Å². The van der Waals surface area contributed by atoms with E-state index in [0.29, 0.717) is 0 Å². The Morgan fingerprint density at radius 1 is 1.14 bits per heavy atom. The summed E-state index contributed by atoms with van der Waals surface area (Å²) >= 11 is 0. The molecular weight excluding hydrogens is 266 g/mol. The second-order valence-corrected chi connectivity index (χ2v) is 5.03. The fraction of sp³-hybridized carbons (Fsp3) is 0.375. The van der Waals surface area contributed by atoms with E-state index in [1.54, 1.807) is 7.11 Å². The number of nitrogens with zero attached hydrogens (tertiary/aromatic N) is 3. The van der Waals surface area contributed by atoms with E-state index in [0.717, 1.165) is 55.0 Å². The van der Waals surface area contributed by atoms with Crippen molar-refractivity contribution in [2.75, 3.05) is 38.3 Å². The second-order valence-electron chi connectivity index (χ2n) is 5.03. The number of anilines is 1. The highest BCUT2D eigenvalue weighted by Gasteiger charge is 2.15. The predicted molar refractivity (Wildman–Crippen MR) is 81.8 cm³/mol. The molecule has 0 saturated carbocycles. The van der Waals surface area contributed by atoms with Gasteiger partial charge in [-0.1, -0.05) is 12.1 Å². The largest absolute Gasteiger partial charge is 0.497 e. The van der Waals surface area contributed by atoms with Gasteiger partial charge >= 0.3 is 0 Å². The van der Waals surface area contributed by atoms with E-state index in [1.807, 2.05) is 37.3 Å². The summed E-state index contributed by atoms with van der Waals surface area (Å²) in [6, 6.07) is 9.93. The van der Waals surface area contributed by atoms with E-state index < -0.39 is 0 Å². The zero-order valence-corrected chi connectivity index (χ0v) is 12.4. The molecule has 5 nitrogen and oxygen atoms in total. The average Bonchev–Trinajstić information content (AvgIpc) is 2.55. The number of morpholine rings is 1. The van der Waals surface area contributed by atoms with Crippen molar-refractivity contribution in [3.63, 3.8) is 0 Å². The van der Waals surface area contributed by atoms with Crippen molar-refractivity contribution in [2.24, 2.45) is 0 Å². The quantitative estimate of drug-likeness (QED) is 0.866. The molecule has 1 fully saturated rings. The Bertz CT molecular complexity index is 625. The van der Waals surface area contributed by atoms with Crippen LogP contribution in [-0.4, -0.2) is 43.4 Å². The molecule has 0 bridgehead atoms. The van der Waals surface area contributed by atoms with E-state index in [1.165, 1.54) is 0 Å². The van der Waals surface area contributed by atoms with Crippen LogP contribution in [0.4, 0.5) is 5.95 Å². The van der Waals surface area contributed by atoms with Crippen molar-refractivity contribution in [1.29, 1.82) is 0 Å². The van der Waals surface area contributed by atoms with Crippen LogP contribution in [0.3, 0.4) is 0 Å². The van der Waals surface area contributed by atoms with Crippen molar-refractivity contribution < 1.29 is 9.47 Å². The summed E-state index contributed by atoms with van der Waals surface area (Å²) in [5, 5.41) is 0. The van der Waals surface area contributed by atoms with Gasteiger partial charge < -0.3 is 14.4 Å². The molecule has 1 saturated heterocycles. The van der Waals surface area contributed by atoms with E-state index >= 15 is 0 Å². The van der Waals surface area contributed by atoms with Crippen molar-refractivity contribution >= 4 is 5.95 Å². The molecule has 0 unspecified atom stereocenters. The van der Waals surface area contributed by atoms with Gasteiger partial charge in [-0.25, -0.2) is 9.97 Å². The van der Waals surface area contributed by atoms with Crippen molar-refractivity contribution in [3.05, 3.63) is 36.0 Å². The Morgan fingerprint density at radius 2 is 1.95 bits per heavy atom. The molecule has 2 heterocycles. The summed E-state index contributed by atoms with van der Waals surface area (Å²) in [4.78, 5) is 11.4. The third kappa shape index (κ3) is 3.13. The molecule has 110 valence electrons. The number of ether oxygens (including phenoxy) is 2. The Hall–Kier alpha value is -2.14. The van der Waals surface area contributed by atoms with E-state index in [-0.39, 0.29) is 0 Å². The molecule has 1 aromatic heterocycles. The lowest BCUT2D eigenvalue weighted by Gasteiger charge is -2.27. The highest BCUT2D eigenvalue weighted by atomic mass is 16.5. The van der Waals surface area contributed by atoms with Crippen LogP contribution in [0.2, 0.25) is 0 Å². The summed E-state index contributed by atoms with van der Waals surface area (Å²) in [5.74, 6) is 1.60. The molecule has 0 atom stereocenters. The van der Waals surface area contributed by atoms with Gasteiger partial charge in [0.05, 0.1) is 26.0 Å². The van der Waals surface area contributed by atoms with Gasteiger partial charge in [0.15, 0.2) is 0 Å². The van der Waals surface area contributed by atoms with Crippen LogP contribution in [0.1, 0.15) is 5.69 Å². The van der Waals surface area contributed by atoms with Gasteiger partial charge in [-0.15, -0.1) is 0 Å². The van der Waals surface area contributed by atoms with Crippen LogP contribution in [-0.2, 0) is 4.74 Å². The maximum Gasteiger partial charge on any atom is 0.226 e. The van der Waals surface area contributed by atoms with Crippen LogP contribution < -0.4 is 9.64 Å². The lowest BCUT2D eigenvalue weighted by atomic mass is 10.1. The topological polar surface area (TPSA) is 47.5 Å². The van der Waals surface area contributed by atoms with Crippen molar-refractivity contribution in [2.45, 2.75) is 6.92 Å². The maximum atomic E-state index is 5.38. The molecule has 1 aliphatic rings. The Kier molecular flexibility index (Phi) is 4.01. The predicted octanol–water partition coefficient (Wildman–Crippen LogP) is 2.30. The van der Waals surface area contributed by atoms with Crippen molar-refractivity contribution in [3.8, 4) is 17.0 Å². The molecule has 3 rings (SSSR count). The molecule has 0 aliphatic carbocycles. The Balaban J connectivity index is 1.96. The van der Waals surface area contributed by atoms with Gasteiger partial charge in [-0.2, -0.15) is 0 Å². The number of rotatable bonds is 3. The average molecular weight is 285 g/mol. The maximum absolute atomic E-state index is 5.38. The van der Waals surface area contributed by atoms with Gasteiger partial charge in [-0.3, -0.25) is 0 Å². The fourth-order valence-corrected chi connectivity index (χ4v) is 2.39. The molecule has 0 spiro atoms. The smallest absolute Gasteiger partial charge is 0.226 e. The number of benzene rings is 1. The standard InChI is InChI=1S/C16H19N3O2/c1-12-10-15(13-4-3-5-14(11-13)20-2)18-16(17-12)19-6-8-21-9-7-19/h3-5,10-11H,6-9H2,1-2H3. The molecule has 2 aromatic rings. The summed E-state index contributed by atoms with van der Waals surface area (Å²) < 4.78 is 10.7. The van der Waals surface area contributed by atoms with Gasteiger partial charge in [0, 0.05) is 24.3 Å². The minimum Gasteiger partial charge on any atom is -0.497 e.